The average Bonchev–Trinajstić information content (AvgIpc) is 2.92. The molecule has 1 amide bonds. The predicted molar refractivity (Wildman–Crippen MR) is 75.2 cm³/mol. The molecule has 0 aliphatic heterocycles. The third kappa shape index (κ3) is 2.08. The summed E-state index contributed by atoms with van der Waals surface area (Å²) in [5, 5.41) is 11.4. The number of H-pyrrole nitrogens is 1. The number of aryl methyl sites for hydroxylation is 1. The molecule has 0 fully saturated rings. The van der Waals surface area contributed by atoms with Crippen molar-refractivity contribution in [3.63, 3.8) is 0 Å². The van der Waals surface area contributed by atoms with Gasteiger partial charge in [0, 0.05) is 11.8 Å². The molecule has 3 aromatic rings. The number of hydrogen-bond acceptors (Lipinski definition) is 2. The van der Waals surface area contributed by atoms with Gasteiger partial charge in [-0.05, 0) is 29.3 Å². The van der Waals surface area contributed by atoms with Crippen LogP contribution in [-0.4, -0.2) is 16.1 Å². The van der Waals surface area contributed by atoms with Gasteiger partial charge in [-0.1, -0.05) is 30.3 Å². The maximum absolute atomic E-state index is 12.3. The Bertz CT molecular complexity index is 732. The van der Waals surface area contributed by atoms with Crippen LogP contribution in [0.2, 0.25) is 0 Å². The van der Waals surface area contributed by atoms with Gasteiger partial charge in [-0.25, -0.2) is 0 Å². The summed E-state index contributed by atoms with van der Waals surface area (Å²) in [6.45, 7) is 2.04. The van der Waals surface area contributed by atoms with E-state index in [2.05, 4.69) is 15.5 Å². The number of carbonyl (C=O) groups is 1. The summed E-state index contributed by atoms with van der Waals surface area (Å²) in [5.41, 5.74) is 2.49. The number of amides is 1. The van der Waals surface area contributed by atoms with Crippen LogP contribution >= 0.6 is 0 Å². The van der Waals surface area contributed by atoms with Gasteiger partial charge in [-0.15, -0.1) is 0 Å². The molecule has 0 radical (unpaired) electrons. The lowest BCUT2D eigenvalue weighted by Gasteiger charge is -2.08. The van der Waals surface area contributed by atoms with Crippen LogP contribution in [0, 0.1) is 6.92 Å². The van der Waals surface area contributed by atoms with E-state index >= 15 is 0 Å². The van der Waals surface area contributed by atoms with Crippen molar-refractivity contribution in [2.75, 3.05) is 5.32 Å². The molecule has 0 atom stereocenters. The summed E-state index contributed by atoms with van der Waals surface area (Å²) in [7, 11) is 0. The highest BCUT2D eigenvalue weighted by Crippen LogP contribution is 2.23. The summed E-state index contributed by atoms with van der Waals surface area (Å²) in [6, 6.07) is 11.7. The fraction of sp³-hybridized carbons (Fsp3) is 0.0667. The number of fused-ring (bicyclic) bond motifs is 1. The maximum Gasteiger partial charge on any atom is 0.256 e. The Morgan fingerprint density at radius 2 is 1.95 bits per heavy atom. The lowest BCUT2D eigenvalue weighted by Crippen LogP contribution is -2.12. The molecule has 0 aliphatic carbocycles. The van der Waals surface area contributed by atoms with Crippen LogP contribution in [0.5, 0.6) is 0 Å². The summed E-state index contributed by atoms with van der Waals surface area (Å²) in [4.78, 5) is 12.3. The number of rotatable bonds is 2. The SMILES string of the molecule is Cc1ccc(C(=O)Nc2cn[nH]c2)c2ccccc12. The molecular formula is C15H13N3O. The van der Waals surface area contributed by atoms with Crippen LogP contribution in [-0.2, 0) is 0 Å². The molecular weight excluding hydrogens is 238 g/mol. The fourth-order valence-corrected chi connectivity index (χ4v) is 2.17. The molecule has 94 valence electrons. The zero-order chi connectivity index (χ0) is 13.2. The fourth-order valence-electron chi connectivity index (χ4n) is 2.17. The van der Waals surface area contributed by atoms with E-state index in [0.29, 0.717) is 11.3 Å². The molecule has 4 nitrogen and oxygen atoms in total. The smallest absolute Gasteiger partial charge is 0.256 e. The lowest BCUT2D eigenvalue weighted by atomic mass is 10.00. The van der Waals surface area contributed by atoms with Gasteiger partial charge in [0.25, 0.3) is 5.91 Å². The molecule has 2 aromatic carbocycles. The standard InChI is InChI=1S/C15H13N3O/c1-10-6-7-14(13-5-3-2-4-12(10)13)15(19)18-11-8-16-17-9-11/h2-9H,1H3,(H,16,17)(H,18,19). The Morgan fingerprint density at radius 3 is 2.68 bits per heavy atom. The van der Waals surface area contributed by atoms with Crippen LogP contribution in [0.15, 0.2) is 48.8 Å². The second-order valence-electron chi connectivity index (χ2n) is 4.42. The molecule has 3 rings (SSSR count). The second kappa shape index (κ2) is 4.57. The number of hydrogen-bond donors (Lipinski definition) is 2. The van der Waals surface area contributed by atoms with Gasteiger partial charge in [0.15, 0.2) is 0 Å². The highest BCUT2D eigenvalue weighted by Gasteiger charge is 2.11. The van der Waals surface area contributed by atoms with Crippen LogP contribution < -0.4 is 5.32 Å². The summed E-state index contributed by atoms with van der Waals surface area (Å²) >= 11 is 0. The molecule has 19 heavy (non-hydrogen) atoms. The van der Waals surface area contributed by atoms with Crippen LogP contribution in [0.25, 0.3) is 10.8 Å². The second-order valence-corrected chi connectivity index (χ2v) is 4.42. The van der Waals surface area contributed by atoms with Crippen molar-refractivity contribution in [2.45, 2.75) is 6.92 Å². The molecule has 4 heteroatoms. The number of nitrogens with one attached hydrogen (secondary N) is 2. The highest BCUT2D eigenvalue weighted by atomic mass is 16.1. The van der Waals surface area contributed by atoms with Crippen molar-refractivity contribution in [3.8, 4) is 0 Å². The predicted octanol–water partition coefficient (Wildman–Crippen LogP) is 3.12. The van der Waals surface area contributed by atoms with Crippen molar-refractivity contribution in [3.05, 3.63) is 59.9 Å². The Balaban J connectivity index is 2.05. The van der Waals surface area contributed by atoms with Gasteiger partial charge >= 0.3 is 0 Å². The molecule has 0 unspecified atom stereocenters. The first-order valence-electron chi connectivity index (χ1n) is 6.04. The summed E-state index contributed by atoms with van der Waals surface area (Å²) < 4.78 is 0. The van der Waals surface area contributed by atoms with Crippen LogP contribution in [0.1, 0.15) is 15.9 Å². The number of carbonyl (C=O) groups excluding carboxylic acids is 1. The first-order valence-corrected chi connectivity index (χ1v) is 6.04. The first-order chi connectivity index (χ1) is 9.25. The third-order valence-corrected chi connectivity index (χ3v) is 3.14. The zero-order valence-electron chi connectivity index (χ0n) is 10.5. The van der Waals surface area contributed by atoms with Crippen LogP contribution in [0.3, 0.4) is 0 Å². The minimum absolute atomic E-state index is 0.127. The number of aromatic nitrogens is 2. The van der Waals surface area contributed by atoms with E-state index in [9.17, 15) is 4.79 Å². The van der Waals surface area contributed by atoms with Crippen molar-refractivity contribution >= 4 is 22.4 Å². The molecule has 0 bridgehead atoms. The monoisotopic (exact) mass is 251 g/mol. The molecule has 2 N–H and O–H groups in total. The van der Waals surface area contributed by atoms with E-state index in [4.69, 9.17) is 0 Å². The van der Waals surface area contributed by atoms with Crippen molar-refractivity contribution < 1.29 is 4.79 Å². The van der Waals surface area contributed by atoms with Gasteiger partial charge in [-0.3, -0.25) is 9.89 Å². The number of nitrogens with zero attached hydrogens (tertiary/aromatic N) is 1. The van der Waals surface area contributed by atoms with E-state index in [0.717, 1.165) is 16.3 Å². The third-order valence-electron chi connectivity index (χ3n) is 3.14. The molecule has 1 aromatic heterocycles. The van der Waals surface area contributed by atoms with E-state index in [1.165, 1.54) is 0 Å². The lowest BCUT2D eigenvalue weighted by molar-refractivity contribution is 0.102. The first kappa shape index (κ1) is 11.5. The highest BCUT2D eigenvalue weighted by molar-refractivity contribution is 6.13. The largest absolute Gasteiger partial charge is 0.319 e. The van der Waals surface area contributed by atoms with Gasteiger partial charge in [0.1, 0.15) is 0 Å². The Labute approximate surface area is 110 Å². The topological polar surface area (TPSA) is 57.8 Å². The Kier molecular flexibility index (Phi) is 2.76. The quantitative estimate of drug-likeness (QED) is 0.735. The molecule has 0 aliphatic rings. The van der Waals surface area contributed by atoms with E-state index in [1.807, 2.05) is 43.3 Å². The van der Waals surface area contributed by atoms with Crippen molar-refractivity contribution in [1.82, 2.24) is 10.2 Å². The molecule has 0 spiro atoms. The summed E-state index contributed by atoms with van der Waals surface area (Å²) in [5.74, 6) is -0.127. The van der Waals surface area contributed by atoms with Crippen LogP contribution in [0.4, 0.5) is 5.69 Å². The van der Waals surface area contributed by atoms with Gasteiger partial charge < -0.3 is 5.32 Å². The molecule has 0 saturated carbocycles. The number of anilines is 1. The van der Waals surface area contributed by atoms with Gasteiger partial charge in [0.2, 0.25) is 0 Å². The average molecular weight is 251 g/mol. The zero-order valence-corrected chi connectivity index (χ0v) is 10.5. The summed E-state index contributed by atoms with van der Waals surface area (Å²) in [6.07, 6.45) is 3.22. The maximum atomic E-state index is 12.3. The normalized spacial score (nSPS) is 10.6. The minimum atomic E-state index is -0.127. The van der Waals surface area contributed by atoms with E-state index in [-0.39, 0.29) is 5.91 Å². The number of aromatic amines is 1. The van der Waals surface area contributed by atoms with Gasteiger partial charge in [-0.2, -0.15) is 5.10 Å². The van der Waals surface area contributed by atoms with E-state index in [1.54, 1.807) is 12.4 Å². The molecule has 0 saturated heterocycles. The molecule has 1 heterocycles. The van der Waals surface area contributed by atoms with Gasteiger partial charge in [0.05, 0.1) is 11.9 Å². The van der Waals surface area contributed by atoms with E-state index < -0.39 is 0 Å². The number of benzene rings is 2. The van der Waals surface area contributed by atoms with Crippen molar-refractivity contribution in [1.29, 1.82) is 0 Å². The Hall–Kier alpha value is -2.62. The van der Waals surface area contributed by atoms with Crippen molar-refractivity contribution in [2.24, 2.45) is 0 Å². The minimum Gasteiger partial charge on any atom is -0.319 e. The Morgan fingerprint density at radius 1 is 1.16 bits per heavy atom.